The molecule has 152 valence electrons. The second-order valence-electron chi connectivity index (χ2n) is 8.04. The fourth-order valence-corrected chi connectivity index (χ4v) is 3.23. The number of pyridine rings is 1. The lowest BCUT2D eigenvalue weighted by molar-refractivity contribution is 0.0508. The van der Waals surface area contributed by atoms with Gasteiger partial charge < -0.3 is 14.7 Å². The van der Waals surface area contributed by atoms with Gasteiger partial charge in [0.2, 0.25) is 0 Å². The SMILES string of the molecule is CC(C)(C)OC(=O)NC(=O)c1ccc2[nH]c(-c3cc4ccccc4[nH]c3=O)cc2c1. The van der Waals surface area contributed by atoms with E-state index in [-0.39, 0.29) is 5.56 Å². The van der Waals surface area contributed by atoms with Gasteiger partial charge in [-0.2, -0.15) is 0 Å². The number of alkyl carbamates (subject to hydrolysis) is 1. The monoisotopic (exact) mass is 403 g/mol. The molecule has 0 aliphatic heterocycles. The molecule has 0 bridgehead atoms. The molecule has 0 saturated carbocycles. The van der Waals surface area contributed by atoms with E-state index in [0.717, 1.165) is 21.8 Å². The Morgan fingerprint density at radius 2 is 1.63 bits per heavy atom. The summed E-state index contributed by atoms with van der Waals surface area (Å²) in [5.41, 5.74) is 2.09. The van der Waals surface area contributed by atoms with E-state index in [1.54, 1.807) is 45.0 Å². The molecule has 4 rings (SSSR count). The number of aromatic amines is 2. The van der Waals surface area contributed by atoms with Gasteiger partial charge in [-0.25, -0.2) is 4.79 Å². The molecule has 0 spiro atoms. The first-order valence-electron chi connectivity index (χ1n) is 9.49. The predicted octanol–water partition coefficient (Wildman–Crippen LogP) is 4.34. The summed E-state index contributed by atoms with van der Waals surface area (Å²) >= 11 is 0. The van der Waals surface area contributed by atoms with Gasteiger partial charge in [0.1, 0.15) is 5.60 Å². The van der Waals surface area contributed by atoms with E-state index in [0.29, 0.717) is 16.8 Å². The maximum absolute atomic E-state index is 12.5. The average Bonchev–Trinajstić information content (AvgIpc) is 3.08. The fourth-order valence-electron chi connectivity index (χ4n) is 3.23. The van der Waals surface area contributed by atoms with E-state index in [4.69, 9.17) is 4.74 Å². The Bertz CT molecular complexity index is 1340. The number of para-hydroxylation sites is 1. The van der Waals surface area contributed by atoms with Crippen LogP contribution < -0.4 is 10.9 Å². The third-order valence-corrected chi connectivity index (χ3v) is 4.54. The molecule has 4 aromatic rings. The Hall–Kier alpha value is -3.87. The number of benzene rings is 2. The van der Waals surface area contributed by atoms with Crippen LogP contribution in [0.1, 0.15) is 31.1 Å². The first-order chi connectivity index (χ1) is 14.2. The van der Waals surface area contributed by atoms with Crippen LogP contribution in [0.2, 0.25) is 0 Å². The van der Waals surface area contributed by atoms with Crippen molar-refractivity contribution in [2.24, 2.45) is 0 Å². The summed E-state index contributed by atoms with van der Waals surface area (Å²) in [6.07, 6.45) is -0.801. The third kappa shape index (κ3) is 3.96. The van der Waals surface area contributed by atoms with E-state index in [2.05, 4.69) is 15.3 Å². The van der Waals surface area contributed by atoms with Gasteiger partial charge >= 0.3 is 6.09 Å². The summed E-state index contributed by atoms with van der Waals surface area (Å²) < 4.78 is 5.11. The Balaban J connectivity index is 1.65. The van der Waals surface area contributed by atoms with Gasteiger partial charge in [0.05, 0.1) is 11.3 Å². The molecule has 2 heterocycles. The third-order valence-electron chi connectivity index (χ3n) is 4.54. The van der Waals surface area contributed by atoms with Crippen LogP contribution in [0.5, 0.6) is 0 Å². The molecule has 7 heteroatoms. The first kappa shape index (κ1) is 19.4. The van der Waals surface area contributed by atoms with Gasteiger partial charge in [0, 0.05) is 22.0 Å². The van der Waals surface area contributed by atoms with Gasteiger partial charge in [0.25, 0.3) is 11.5 Å². The predicted molar refractivity (Wildman–Crippen MR) is 116 cm³/mol. The van der Waals surface area contributed by atoms with Crippen LogP contribution in [0.4, 0.5) is 4.79 Å². The molecule has 0 radical (unpaired) electrons. The maximum Gasteiger partial charge on any atom is 0.414 e. The summed E-state index contributed by atoms with van der Waals surface area (Å²) in [6.45, 7) is 5.16. The number of H-pyrrole nitrogens is 2. The molecule has 3 N–H and O–H groups in total. The van der Waals surface area contributed by atoms with Crippen LogP contribution in [0.15, 0.2) is 59.4 Å². The first-order valence-corrected chi connectivity index (χ1v) is 9.49. The zero-order chi connectivity index (χ0) is 21.5. The molecular formula is C23H21N3O4. The smallest absolute Gasteiger partial charge is 0.414 e. The van der Waals surface area contributed by atoms with Crippen LogP contribution in [-0.4, -0.2) is 27.6 Å². The highest BCUT2D eigenvalue weighted by Gasteiger charge is 2.19. The largest absolute Gasteiger partial charge is 0.444 e. The minimum atomic E-state index is -0.801. The summed E-state index contributed by atoms with van der Waals surface area (Å²) in [5.74, 6) is -0.558. The molecule has 0 aliphatic rings. The van der Waals surface area contributed by atoms with Crippen molar-refractivity contribution in [3.63, 3.8) is 0 Å². The molecule has 0 atom stereocenters. The molecule has 7 nitrogen and oxygen atoms in total. The lowest BCUT2D eigenvalue weighted by Crippen LogP contribution is -2.36. The molecule has 0 aliphatic carbocycles. The number of aromatic nitrogens is 2. The number of carbonyl (C=O) groups is 2. The number of amides is 2. The van der Waals surface area contributed by atoms with Gasteiger partial charge in [-0.05, 0) is 62.6 Å². The number of ether oxygens (including phenoxy) is 1. The summed E-state index contributed by atoms with van der Waals surface area (Å²) in [4.78, 5) is 42.8. The number of hydrogen-bond donors (Lipinski definition) is 3. The van der Waals surface area contributed by atoms with Crippen molar-refractivity contribution < 1.29 is 14.3 Å². The molecule has 0 fully saturated rings. The van der Waals surface area contributed by atoms with Crippen LogP contribution >= 0.6 is 0 Å². The Kier molecular flexibility index (Phi) is 4.66. The Morgan fingerprint density at radius 3 is 2.40 bits per heavy atom. The van der Waals surface area contributed by atoms with Crippen molar-refractivity contribution >= 4 is 33.8 Å². The van der Waals surface area contributed by atoms with Crippen LogP contribution in [-0.2, 0) is 4.74 Å². The van der Waals surface area contributed by atoms with Crippen molar-refractivity contribution in [2.75, 3.05) is 0 Å². The lowest BCUT2D eigenvalue weighted by Gasteiger charge is -2.19. The van der Waals surface area contributed by atoms with Crippen molar-refractivity contribution in [1.29, 1.82) is 0 Å². The molecule has 30 heavy (non-hydrogen) atoms. The number of nitrogens with one attached hydrogen (secondary N) is 3. The number of carbonyl (C=O) groups excluding carboxylic acids is 2. The summed E-state index contributed by atoms with van der Waals surface area (Å²) in [6, 6.07) is 16.2. The highest BCUT2D eigenvalue weighted by molar-refractivity contribution is 6.05. The van der Waals surface area contributed by atoms with Gasteiger partial charge in [-0.15, -0.1) is 0 Å². The van der Waals surface area contributed by atoms with Gasteiger partial charge in [-0.3, -0.25) is 14.9 Å². The quantitative estimate of drug-likeness (QED) is 0.463. The Morgan fingerprint density at radius 1 is 0.900 bits per heavy atom. The molecule has 2 amide bonds. The van der Waals surface area contributed by atoms with Crippen molar-refractivity contribution in [3.05, 3.63) is 70.5 Å². The maximum atomic E-state index is 12.5. The van der Waals surface area contributed by atoms with Crippen LogP contribution in [0.25, 0.3) is 33.1 Å². The number of fused-ring (bicyclic) bond motifs is 2. The molecule has 2 aromatic carbocycles. The van der Waals surface area contributed by atoms with Gasteiger partial charge in [0.15, 0.2) is 0 Å². The van der Waals surface area contributed by atoms with Crippen molar-refractivity contribution in [2.45, 2.75) is 26.4 Å². The summed E-state index contributed by atoms with van der Waals surface area (Å²) in [7, 11) is 0. The van der Waals surface area contributed by atoms with E-state index in [1.807, 2.05) is 30.3 Å². The van der Waals surface area contributed by atoms with Crippen LogP contribution in [0.3, 0.4) is 0 Å². The molecular weight excluding hydrogens is 382 g/mol. The van der Waals surface area contributed by atoms with E-state index >= 15 is 0 Å². The standard InChI is InChI=1S/C23H21N3O4/c1-23(2,3)30-22(29)26-20(27)14-8-9-18-15(10-14)12-19(24-18)16-11-13-6-4-5-7-17(13)25-21(16)28/h4-12,24H,1-3H3,(H,25,28)(H,26,27,29). The van der Waals surface area contributed by atoms with E-state index in [9.17, 15) is 14.4 Å². The fraction of sp³-hybridized carbons (Fsp3) is 0.174. The van der Waals surface area contributed by atoms with Crippen LogP contribution in [0, 0.1) is 0 Å². The zero-order valence-corrected chi connectivity index (χ0v) is 16.8. The highest BCUT2D eigenvalue weighted by atomic mass is 16.6. The minimum Gasteiger partial charge on any atom is -0.444 e. The zero-order valence-electron chi connectivity index (χ0n) is 16.8. The number of hydrogen-bond acceptors (Lipinski definition) is 4. The molecule has 0 unspecified atom stereocenters. The molecule has 0 saturated heterocycles. The number of rotatable bonds is 2. The Labute approximate surface area is 172 Å². The van der Waals surface area contributed by atoms with Crippen molar-refractivity contribution in [1.82, 2.24) is 15.3 Å². The van der Waals surface area contributed by atoms with E-state index < -0.39 is 17.6 Å². The average molecular weight is 403 g/mol. The topological polar surface area (TPSA) is 104 Å². The minimum absolute atomic E-state index is 0.205. The molecule has 2 aromatic heterocycles. The normalized spacial score (nSPS) is 11.6. The highest BCUT2D eigenvalue weighted by Crippen LogP contribution is 2.25. The van der Waals surface area contributed by atoms with Gasteiger partial charge in [-0.1, -0.05) is 18.2 Å². The number of imide groups is 1. The second kappa shape index (κ2) is 7.18. The van der Waals surface area contributed by atoms with E-state index in [1.165, 1.54) is 0 Å². The second-order valence-corrected chi connectivity index (χ2v) is 8.04. The lowest BCUT2D eigenvalue weighted by atomic mass is 10.1. The summed E-state index contributed by atoms with van der Waals surface area (Å²) in [5, 5.41) is 3.88. The van der Waals surface area contributed by atoms with Crippen molar-refractivity contribution in [3.8, 4) is 11.3 Å².